The van der Waals surface area contributed by atoms with E-state index in [0.29, 0.717) is 18.7 Å². The number of benzene rings is 3. The van der Waals surface area contributed by atoms with E-state index in [1.165, 1.54) is 7.11 Å². The molecule has 0 fully saturated rings. The SMILES string of the molecule is COc1ccc2c(c1)CN(C(=O)Nc1cc(F)c(OC)c(F)c1)[C@H](c1ccccc1)C2. The normalized spacial score (nSPS) is 15.2. The molecule has 3 aromatic carbocycles. The first-order chi connectivity index (χ1) is 15.0. The fourth-order valence-electron chi connectivity index (χ4n) is 3.90. The van der Waals surface area contributed by atoms with Gasteiger partial charge >= 0.3 is 6.03 Å². The number of ether oxygens (including phenoxy) is 2. The third kappa shape index (κ3) is 4.17. The predicted octanol–water partition coefficient (Wildman–Crippen LogP) is 5.31. The van der Waals surface area contributed by atoms with Gasteiger partial charge in [0.25, 0.3) is 0 Å². The summed E-state index contributed by atoms with van der Waals surface area (Å²) in [5, 5.41) is 2.62. The Kier molecular flexibility index (Phi) is 5.75. The second kappa shape index (κ2) is 8.63. The van der Waals surface area contributed by atoms with E-state index >= 15 is 0 Å². The fourth-order valence-corrected chi connectivity index (χ4v) is 3.90. The number of hydrogen-bond acceptors (Lipinski definition) is 3. The van der Waals surface area contributed by atoms with Crippen LogP contribution in [0.4, 0.5) is 19.3 Å². The summed E-state index contributed by atoms with van der Waals surface area (Å²) < 4.78 is 38.2. The van der Waals surface area contributed by atoms with E-state index in [9.17, 15) is 13.6 Å². The van der Waals surface area contributed by atoms with E-state index in [1.807, 2.05) is 48.5 Å². The second-order valence-corrected chi connectivity index (χ2v) is 7.30. The van der Waals surface area contributed by atoms with Crippen molar-refractivity contribution in [1.29, 1.82) is 0 Å². The zero-order valence-electron chi connectivity index (χ0n) is 17.2. The number of nitrogens with zero attached hydrogens (tertiary/aromatic N) is 1. The first-order valence-electron chi connectivity index (χ1n) is 9.81. The number of carbonyl (C=O) groups excluding carboxylic acids is 1. The van der Waals surface area contributed by atoms with Gasteiger partial charge in [-0.3, -0.25) is 0 Å². The van der Waals surface area contributed by atoms with Crippen LogP contribution in [0, 0.1) is 11.6 Å². The van der Waals surface area contributed by atoms with Gasteiger partial charge in [-0.1, -0.05) is 36.4 Å². The largest absolute Gasteiger partial charge is 0.497 e. The highest BCUT2D eigenvalue weighted by molar-refractivity contribution is 5.90. The third-order valence-corrected chi connectivity index (χ3v) is 5.44. The average Bonchev–Trinajstić information content (AvgIpc) is 2.78. The number of carbonyl (C=O) groups is 1. The van der Waals surface area contributed by atoms with E-state index in [0.717, 1.165) is 28.8 Å². The smallest absolute Gasteiger partial charge is 0.322 e. The van der Waals surface area contributed by atoms with Crippen molar-refractivity contribution >= 4 is 11.7 Å². The highest BCUT2D eigenvalue weighted by atomic mass is 19.1. The van der Waals surface area contributed by atoms with E-state index in [-0.39, 0.29) is 11.7 Å². The summed E-state index contributed by atoms with van der Waals surface area (Å²) in [6, 6.07) is 16.9. The van der Waals surface area contributed by atoms with E-state index in [1.54, 1.807) is 12.0 Å². The molecule has 0 aliphatic carbocycles. The van der Waals surface area contributed by atoms with Gasteiger partial charge in [0.2, 0.25) is 0 Å². The van der Waals surface area contributed by atoms with Crippen molar-refractivity contribution in [3.63, 3.8) is 0 Å². The van der Waals surface area contributed by atoms with Crippen molar-refractivity contribution in [1.82, 2.24) is 4.90 Å². The van der Waals surface area contributed by atoms with Crippen molar-refractivity contribution in [3.8, 4) is 11.5 Å². The number of urea groups is 1. The Morgan fingerprint density at radius 3 is 2.32 bits per heavy atom. The Morgan fingerprint density at radius 1 is 0.968 bits per heavy atom. The van der Waals surface area contributed by atoms with Gasteiger partial charge in [-0.25, -0.2) is 13.6 Å². The molecule has 1 N–H and O–H groups in total. The van der Waals surface area contributed by atoms with Crippen molar-refractivity contribution < 1.29 is 23.0 Å². The Balaban J connectivity index is 1.66. The third-order valence-electron chi connectivity index (χ3n) is 5.44. The van der Waals surface area contributed by atoms with Gasteiger partial charge in [0.15, 0.2) is 17.4 Å². The van der Waals surface area contributed by atoms with Crippen LogP contribution < -0.4 is 14.8 Å². The summed E-state index contributed by atoms with van der Waals surface area (Å²) >= 11 is 0. The molecule has 1 atom stereocenters. The Hall–Kier alpha value is -3.61. The van der Waals surface area contributed by atoms with Gasteiger partial charge in [-0.15, -0.1) is 0 Å². The molecule has 0 unspecified atom stereocenters. The molecule has 1 heterocycles. The molecule has 5 nitrogen and oxygen atoms in total. The molecule has 2 amide bonds. The molecule has 0 spiro atoms. The maximum absolute atomic E-state index is 14.1. The lowest BCUT2D eigenvalue weighted by atomic mass is 9.90. The van der Waals surface area contributed by atoms with Crippen LogP contribution in [0.3, 0.4) is 0 Å². The minimum absolute atomic E-state index is 0.0176. The molecule has 160 valence electrons. The van der Waals surface area contributed by atoms with Crippen LogP contribution in [0.5, 0.6) is 11.5 Å². The quantitative estimate of drug-likeness (QED) is 0.617. The lowest BCUT2D eigenvalue weighted by molar-refractivity contribution is 0.176. The van der Waals surface area contributed by atoms with Crippen molar-refractivity contribution in [2.75, 3.05) is 19.5 Å². The molecule has 0 saturated carbocycles. The molecule has 1 aliphatic rings. The number of fused-ring (bicyclic) bond motifs is 1. The van der Waals surface area contributed by atoms with Gasteiger partial charge in [-0.2, -0.15) is 0 Å². The summed E-state index contributed by atoms with van der Waals surface area (Å²) in [6.45, 7) is 0.332. The second-order valence-electron chi connectivity index (χ2n) is 7.30. The van der Waals surface area contributed by atoms with Crippen LogP contribution in [0.1, 0.15) is 22.7 Å². The monoisotopic (exact) mass is 424 g/mol. The summed E-state index contributed by atoms with van der Waals surface area (Å²) in [6.07, 6.45) is 0.613. The van der Waals surface area contributed by atoms with Crippen LogP contribution in [0.2, 0.25) is 0 Å². The molecule has 31 heavy (non-hydrogen) atoms. The van der Waals surface area contributed by atoms with Gasteiger partial charge < -0.3 is 19.7 Å². The molecule has 7 heteroatoms. The van der Waals surface area contributed by atoms with Gasteiger partial charge in [0, 0.05) is 24.4 Å². The predicted molar refractivity (Wildman–Crippen MR) is 113 cm³/mol. The zero-order valence-corrected chi connectivity index (χ0v) is 17.2. The van der Waals surface area contributed by atoms with E-state index in [4.69, 9.17) is 9.47 Å². The first kappa shape index (κ1) is 20.7. The first-order valence-corrected chi connectivity index (χ1v) is 9.81. The van der Waals surface area contributed by atoms with Crippen LogP contribution in [0.15, 0.2) is 60.7 Å². The number of anilines is 1. The van der Waals surface area contributed by atoms with Crippen molar-refractivity contribution in [2.24, 2.45) is 0 Å². The van der Waals surface area contributed by atoms with Crippen molar-refractivity contribution in [3.05, 3.63) is 89.0 Å². The number of amides is 2. The highest BCUT2D eigenvalue weighted by Gasteiger charge is 2.31. The molecular weight excluding hydrogens is 402 g/mol. The standard InChI is InChI=1S/C24H22F2N2O3/c1-30-19-9-8-16-11-22(15-6-4-3-5-7-15)28(14-17(16)10-19)24(29)27-18-12-20(25)23(31-2)21(26)13-18/h3-10,12-13,22H,11,14H2,1-2H3,(H,27,29)/t22-/m0/s1. The van der Waals surface area contributed by atoms with Crippen LogP contribution in [0.25, 0.3) is 0 Å². The van der Waals surface area contributed by atoms with Crippen LogP contribution in [-0.4, -0.2) is 25.2 Å². The maximum Gasteiger partial charge on any atom is 0.322 e. The number of hydrogen-bond donors (Lipinski definition) is 1. The van der Waals surface area contributed by atoms with Gasteiger partial charge in [-0.05, 0) is 35.2 Å². The highest BCUT2D eigenvalue weighted by Crippen LogP contribution is 2.35. The van der Waals surface area contributed by atoms with E-state index < -0.39 is 23.4 Å². The summed E-state index contributed by atoms with van der Waals surface area (Å²) in [5.41, 5.74) is 3.09. The number of nitrogens with one attached hydrogen (secondary N) is 1. The summed E-state index contributed by atoms with van der Waals surface area (Å²) in [7, 11) is 2.78. The van der Waals surface area contributed by atoms with Crippen LogP contribution in [-0.2, 0) is 13.0 Å². The molecule has 0 saturated heterocycles. The summed E-state index contributed by atoms with van der Waals surface area (Å²) in [5.74, 6) is -1.55. The Morgan fingerprint density at radius 2 is 1.68 bits per heavy atom. The minimum Gasteiger partial charge on any atom is -0.497 e. The average molecular weight is 424 g/mol. The van der Waals surface area contributed by atoms with E-state index in [2.05, 4.69) is 5.32 Å². The summed E-state index contributed by atoms with van der Waals surface area (Å²) in [4.78, 5) is 14.9. The lowest BCUT2D eigenvalue weighted by Crippen LogP contribution is -2.41. The van der Waals surface area contributed by atoms with Gasteiger partial charge in [0.1, 0.15) is 5.75 Å². The number of rotatable bonds is 4. The Bertz CT molecular complexity index is 1080. The molecule has 0 radical (unpaired) electrons. The Labute approximate surface area is 179 Å². The zero-order chi connectivity index (χ0) is 22.0. The number of methoxy groups -OCH3 is 2. The van der Waals surface area contributed by atoms with Gasteiger partial charge in [0.05, 0.1) is 20.3 Å². The lowest BCUT2D eigenvalue weighted by Gasteiger charge is -2.37. The molecule has 4 rings (SSSR count). The topological polar surface area (TPSA) is 50.8 Å². The minimum atomic E-state index is -0.883. The number of halogens is 2. The molecular formula is C24H22F2N2O3. The molecule has 0 aromatic heterocycles. The fraction of sp³-hybridized carbons (Fsp3) is 0.208. The molecule has 1 aliphatic heterocycles. The van der Waals surface area contributed by atoms with Crippen molar-refractivity contribution in [2.45, 2.75) is 19.0 Å². The molecule has 0 bridgehead atoms. The molecule has 3 aromatic rings. The maximum atomic E-state index is 14.1. The van der Waals surface area contributed by atoms with Crippen LogP contribution >= 0.6 is 0 Å².